The van der Waals surface area contributed by atoms with Crippen molar-refractivity contribution < 1.29 is 9.13 Å². The molecular weight excluding hydrogens is 167 g/mol. The first kappa shape index (κ1) is 10.3. The minimum Gasteiger partial charge on any atom is -0.495 e. The summed E-state index contributed by atoms with van der Waals surface area (Å²) in [6, 6.07) is 0. The van der Waals surface area contributed by atoms with E-state index in [1.54, 1.807) is 0 Å². The summed E-state index contributed by atoms with van der Waals surface area (Å²) in [5.41, 5.74) is 1.45. The summed E-state index contributed by atoms with van der Waals surface area (Å²) in [6.45, 7) is 4.16. The van der Waals surface area contributed by atoms with E-state index in [4.69, 9.17) is 4.74 Å². The van der Waals surface area contributed by atoms with E-state index in [2.05, 4.69) is 19.9 Å². The number of ether oxygens (including phenoxy) is 1. The molecule has 1 rings (SSSR count). The maximum absolute atomic E-state index is 11.8. The van der Waals surface area contributed by atoms with Gasteiger partial charge in [-0.3, -0.25) is 0 Å². The fourth-order valence-electron chi connectivity index (χ4n) is 1.41. The molecule has 13 heavy (non-hydrogen) atoms. The van der Waals surface area contributed by atoms with Crippen molar-refractivity contribution in [1.82, 2.24) is 0 Å². The second-order valence-electron chi connectivity index (χ2n) is 3.57. The molecule has 0 bridgehead atoms. The molecule has 1 aliphatic rings. The van der Waals surface area contributed by atoms with Gasteiger partial charge in [0, 0.05) is 6.42 Å². The molecule has 0 radical (unpaired) electrons. The standard InChI is InChI=1S/C11H17FO/c1-9(2)10-3-5-11(6-4-10)13-8-7-12/h3,5,9H,4,6-8H2,1-2H3. The van der Waals surface area contributed by atoms with Crippen molar-refractivity contribution in [2.45, 2.75) is 26.7 Å². The molecule has 0 aliphatic heterocycles. The first-order chi connectivity index (χ1) is 6.24. The van der Waals surface area contributed by atoms with Crippen LogP contribution in [0.15, 0.2) is 23.5 Å². The van der Waals surface area contributed by atoms with Crippen LogP contribution in [0.1, 0.15) is 26.7 Å². The molecule has 0 aromatic carbocycles. The summed E-state index contributed by atoms with van der Waals surface area (Å²) in [5, 5.41) is 0. The highest BCUT2D eigenvalue weighted by Crippen LogP contribution is 2.24. The van der Waals surface area contributed by atoms with Crippen molar-refractivity contribution in [3.8, 4) is 0 Å². The molecule has 0 heterocycles. The predicted molar refractivity (Wildman–Crippen MR) is 52.2 cm³/mol. The van der Waals surface area contributed by atoms with E-state index in [0.717, 1.165) is 18.6 Å². The van der Waals surface area contributed by atoms with E-state index < -0.39 is 6.67 Å². The number of rotatable bonds is 4. The topological polar surface area (TPSA) is 9.23 Å². The number of hydrogen-bond donors (Lipinski definition) is 0. The average molecular weight is 184 g/mol. The van der Waals surface area contributed by atoms with E-state index in [-0.39, 0.29) is 6.61 Å². The van der Waals surface area contributed by atoms with Crippen LogP contribution in [0.25, 0.3) is 0 Å². The number of hydrogen-bond acceptors (Lipinski definition) is 1. The zero-order valence-electron chi connectivity index (χ0n) is 8.35. The summed E-state index contributed by atoms with van der Waals surface area (Å²) in [4.78, 5) is 0. The van der Waals surface area contributed by atoms with Crippen LogP contribution < -0.4 is 0 Å². The molecule has 0 N–H and O–H groups in total. The van der Waals surface area contributed by atoms with E-state index >= 15 is 0 Å². The fourth-order valence-corrected chi connectivity index (χ4v) is 1.41. The van der Waals surface area contributed by atoms with Crippen LogP contribution in [0.4, 0.5) is 4.39 Å². The van der Waals surface area contributed by atoms with Crippen molar-refractivity contribution in [1.29, 1.82) is 0 Å². The summed E-state index contributed by atoms with van der Waals surface area (Å²) in [7, 11) is 0. The van der Waals surface area contributed by atoms with Crippen LogP contribution >= 0.6 is 0 Å². The lowest BCUT2D eigenvalue weighted by Gasteiger charge is -2.17. The van der Waals surface area contributed by atoms with Gasteiger partial charge in [-0.15, -0.1) is 0 Å². The Labute approximate surface area is 79.3 Å². The third kappa shape index (κ3) is 3.21. The Morgan fingerprint density at radius 3 is 2.62 bits per heavy atom. The van der Waals surface area contributed by atoms with Crippen LogP contribution in [0, 0.1) is 5.92 Å². The van der Waals surface area contributed by atoms with Gasteiger partial charge < -0.3 is 4.74 Å². The highest BCUT2D eigenvalue weighted by molar-refractivity contribution is 5.22. The molecule has 1 nitrogen and oxygen atoms in total. The van der Waals surface area contributed by atoms with Gasteiger partial charge in [0.2, 0.25) is 0 Å². The molecule has 2 heteroatoms. The highest BCUT2D eigenvalue weighted by atomic mass is 19.1. The number of alkyl halides is 1. The first-order valence-electron chi connectivity index (χ1n) is 4.82. The van der Waals surface area contributed by atoms with Crippen LogP contribution in [0.5, 0.6) is 0 Å². The second-order valence-corrected chi connectivity index (χ2v) is 3.57. The van der Waals surface area contributed by atoms with Gasteiger partial charge in [0.25, 0.3) is 0 Å². The zero-order chi connectivity index (χ0) is 9.68. The van der Waals surface area contributed by atoms with Crippen molar-refractivity contribution in [3.05, 3.63) is 23.5 Å². The van der Waals surface area contributed by atoms with Gasteiger partial charge >= 0.3 is 0 Å². The molecule has 0 fully saturated rings. The molecule has 0 aromatic heterocycles. The lowest BCUT2D eigenvalue weighted by atomic mass is 9.94. The summed E-state index contributed by atoms with van der Waals surface area (Å²) >= 11 is 0. The van der Waals surface area contributed by atoms with Crippen molar-refractivity contribution in [2.24, 2.45) is 5.92 Å². The smallest absolute Gasteiger partial charge is 0.123 e. The minimum atomic E-state index is -0.405. The minimum absolute atomic E-state index is 0.191. The highest BCUT2D eigenvalue weighted by Gasteiger charge is 2.09. The Kier molecular flexibility index (Phi) is 4.00. The Morgan fingerprint density at radius 1 is 1.38 bits per heavy atom. The van der Waals surface area contributed by atoms with Gasteiger partial charge in [0.05, 0.1) is 5.76 Å². The third-order valence-corrected chi connectivity index (χ3v) is 2.25. The summed E-state index contributed by atoms with van der Waals surface area (Å²) < 4.78 is 17.0. The molecule has 0 atom stereocenters. The van der Waals surface area contributed by atoms with E-state index in [1.165, 1.54) is 5.57 Å². The van der Waals surface area contributed by atoms with Crippen molar-refractivity contribution >= 4 is 0 Å². The summed E-state index contributed by atoms with van der Waals surface area (Å²) in [6.07, 6.45) is 6.04. The maximum atomic E-state index is 11.8. The summed E-state index contributed by atoms with van der Waals surface area (Å²) in [5.74, 6) is 1.53. The monoisotopic (exact) mass is 184 g/mol. The largest absolute Gasteiger partial charge is 0.495 e. The van der Waals surface area contributed by atoms with Gasteiger partial charge in [-0.25, -0.2) is 4.39 Å². The lowest BCUT2D eigenvalue weighted by Crippen LogP contribution is -2.03. The molecular formula is C11H17FO. The fraction of sp³-hybridized carbons (Fsp3) is 0.636. The van der Waals surface area contributed by atoms with Gasteiger partial charge in [-0.1, -0.05) is 25.5 Å². The quantitative estimate of drug-likeness (QED) is 0.651. The number of allylic oxidation sites excluding steroid dienone is 4. The van der Waals surface area contributed by atoms with Crippen LogP contribution in [0.3, 0.4) is 0 Å². The lowest BCUT2D eigenvalue weighted by molar-refractivity contribution is 0.178. The maximum Gasteiger partial charge on any atom is 0.123 e. The Hall–Kier alpha value is -0.790. The Morgan fingerprint density at radius 2 is 2.15 bits per heavy atom. The van der Waals surface area contributed by atoms with Crippen LogP contribution in [-0.4, -0.2) is 13.3 Å². The normalized spacial score (nSPS) is 16.9. The van der Waals surface area contributed by atoms with Crippen molar-refractivity contribution in [2.75, 3.05) is 13.3 Å². The molecule has 74 valence electrons. The average Bonchev–Trinajstić information content (AvgIpc) is 2.15. The molecule has 0 saturated heterocycles. The molecule has 0 unspecified atom stereocenters. The molecule has 0 amide bonds. The van der Waals surface area contributed by atoms with E-state index in [1.807, 2.05) is 6.08 Å². The second kappa shape index (κ2) is 5.05. The molecule has 0 saturated carbocycles. The van der Waals surface area contributed by atoms with E-state index in [0.29, 0.717) is 5.92 Å². The van der Waals surface area contributed by atoms with Gasteiger partial charge in [0.1, 0.15) is 13.3 Å². The molecule has 0 spiro atoms. The first-order valence-corrected chi connectivity index (χ1v) is 4.82. The Balaban J connectivity index is 2.45. The predicted octanol–water partition coefficient (Wildman–Crippen LogP) is 3.23. The third-order valence-electron chi connectivity index (χ3n) is 2.25. The van der Waals surface area contributed by atoms with Gasteiger partial charge in [0.15, 0.2) is 0 Å². The Bertz CT molecular complexity index is 216. The number of halogens is 1. The zero-order valence-corrected chi connectivity index (χ0v) is 8.35. The van der Waals surface area contributed by atoms with E-state index in [9.17, 15) is 4.39 Å². The van der Waals surface area contributed by atoms with Crippen LogP contribution in [0.2, 0.25) is 0 Å². The van der Waals surface area contributed by atoms with Gasteiger partial charge in [-0.2, -0.15) is 0 Å². The van der Waals surface area contributed by atoms with Gasteiger partial charge in [-0.05, 0) is 18.4 Å². The SMILES string of the molecule is CC(C)C1=CC=C(OCCF)CC1. The molecule has 0 aromatic rings. The van der Waals surface area contributed by atoms with Crippen LogP contribution in [-0.2, 0) is 4.74 Å². The van der Waals surface area contributed by atoms with Crippen molar-refractivity contribution in [3.63, 3.8) is 0 Å². The molecule has 1 aliphatic carbocycles.